The van der Waals surface area contributed by atoms with Crippen molar-refractivity contribution in [1.82, 2.24) is 15.3 Å². The van der Waals surface area contributed by atoms with Gasteiger partial charge in [-0.05, 0) is 50.3 Å². The van der Waals surface area contributed by atoms with E-state index in [2.05, 4.69) is 40.3 Å². The Morgan fingerprint density at radius 1 is 1.16 bits per heavy atom. The van der Waals surface area contributed by atoms with Crippen LogP contribution in [-0.2, 0) is 4.79 Å². The average molecular weight is 340 g/mol. The standard InChI is InChI=1S/C20H28N4O/c1-14-7-8-17-18(13-14)23-20(22-17)24-11-9-15(10-12-24)19(25)21-16-5-3-2-4-6-16/h7-8,13,15-16H,2-6,9-12H2,1H3,(H,21,25)(H,22,23). The topological polar surface area (TPSA) is 61.0 Å². The minimum Gasteiger partial charge on any atom is -0.353 e. The molecule has 1 aromatic heterocycles. The van der Waals surface area contributed by atoms with Gasteiger partial charge in [-0.3, -0.25) is 4.79 Å². The quantitative estimate of drug-likeness (QED) is 0.898. The summed E-state index contributed by atoms with van der Waals surface area (Å²) in [6, 6.07) is 6.71. The Bertz CT molecular complexity index is 739. The number of benzene rings is 1. The van der Waals surface area contributed by atoms with Crippen molar-refractivity contribution in [3.8, 4) is 0 Å². The molecule has 5 heteroatoms. The normalized spacial score (nSPS) is 20.1. The van der Waals surface area contributed by atoms with Crippen LogP contribution in [0.3, 0.4) is 0 Å². The van der Waals surface area contributed by atoms with Gasteiger partial charge in [0.2, 0.25) is 11.9 Å². The third kappa shape index (κ3) is 3.65. The molecule has 1 aromatic carbocycles. The highest BCUT2D eigenvalue weighted by atomic mass is 16.1. The molecule has 2 heterocycles. The molecule has 25 heavy (non-hydrogen) atoms. The zero-order valence-corrected chi connectivity index (χ0v) is 15.1. The van der Waals surface area contributed by atoms with Crippen molar-refractivity contribution in [1.29, 1.82) is 0 Å². The molecule has 4 rings (SSSR count). The molecule has 1 amide bonds. The Labute approximate surface area is 149 Å². The van der Waals surface area contributed by atoms with Crippen LogP contribution in [0.2, 0.25) is 0 Å². The highest BCUT2D eigenvalue weighted by molar-refractivity contribution is 5.80. The summed E-state index contributed by atoms with van der Waals surface area (Å²) in [4.78, 5) is 23.0. The molecule has 2 aliphatic rings. The number of hydrogen-bond donors (Lipinski definition) is 2. The number of H-pyrrole nitrogens is 1. The molecule has 2 N–H and O–H groups in total. The van der Waals surface area contributed by atoms with Gasteiger partial charge in [0, 0.05) is 25.0 Å². The molecule has 0 spiro atoms. The number of fused-ring (bicyclic) bond motifs is 1. The van der Waals surface area contributed by atoms with Crippen LogP contribution in [0.15, 0.2) is 18.2 Å². The van der Waals surface area contributed by atoms with E-state index in [9.17, 15) is 4.79 Å². The average Bonchev–Trinajstić information content (AvgIpc) is 3.06. The van der Waals surface area contributed by atoms with Crippen molar-refractivity contribution in [2.45, 2.75) is 57.9 Å². The van der Waals surface area contributed by atoms with Gasteiger partial charge in [0.15, 0.2) is 0 Å². The Kier molecular flexibility index (Phi) is 4.64. The lowest BCUT2D eigenvalue weighted by molar-refractivity contribution is -0.126. The van der Waals surface area contributed by atoms with Gasteiger partial charge in [-0.25, -0.2) is 4.98 Å². The van der Waals surface area contributed by atoms with Crippen LogP contribution in [0, 0.1) is 12.8 Å². The number of nitrogens with zero attached hydrogens (tertiary/aromatic N) is 2. The first-order valence-electron chi connectivity index (χ1n) is 9.71. The van der Waals surface area contributed by atoms with Crippen LogP contribution in [0.1, 0.15) is 50.5 Å². The molecule has 134 valence electrons. The predicted molar refractivity (Wildman–Crippen MR) is 101 cm³/mol. The minimum atomic E-state index is 0.157. The van der Waals surface area contributed by atoms with E-state index in [-0.39, 0.29) is 11.8 Å². The highest BCUT2D eigenvalue weighted by Gasteiger charge is 2.28. The van der Waals surface area contributed by atoms with Gasteiger partial charge < -0.3 is 15.2 Å². The van der Waals surface area contributed by atoms with Crippen molar-refractivity contribution in [2.75, 3.05) is 18.0 Å². The minimum absolute atomic E-state index is 0.157. The second-order valence-corrected chi connectivity index (χ2v) is 7.69. The van der Waals surface area contributed by atoms with Crippen molar-refractivity contribution < 1.29 is 4.79 Å². The number of hydrogen-bond acceptors (Lipinski definition) is 3. The van der Waals surface area contributed by atoms with Gasteiger partial charge in [0.05, 0.1) is 11.0 Å². The summed E-state index contributed by atoms with van der Waals surface area (Å²) in [6.45, 7) is 3.87. The maximum atomic E-state index is 12.5. The van der Waals surface area contributed by atoms with Gasteiger partial charge in [0.1, 0.15) is 0 Å². The van der Waals surface area contributed by atoms with E-state index in [1.54, 1.807) is 0 Å². The SMILES string of the molecule is Cc1ccc2nc(N3CCC(C(=O)NC4CCCCC4)CC3)[nH]c2c1. The van der Waals surface area contributed by atoms with Gasteiger partial charge in [0.25, 0.3) is 0 Å². The van der Waals surface area contributed by atoms with Crippen molar-refractivity contribution in [2.24, 2.45) is 5.92 Å². The number of amides is 1. The number of anilines is 1. The number of rotatable bonds is 3. The molecule has 0 radical (unpaired) electrons. The fourth-order valence-corrected chi connectivity index (χ4v) is 4.18. The number of carbonyl (C=O) groups excluding carboxylic acids is 1. The monoisotopic (exact) mass is 340 g/mol. The molecule has 0 bridgehead atoms. The molecule has 0 atom stereocenters. The smallest absolute Gasteiger partial charge is 0.223 e. The van der Waals surface area contributed by atoms with E-state index in [4.69, 9.17) is 4.98 Å². The molecule has 2 fully saturated rings. The van der Waals surface area contributed by atoms with Crippen LogP contribution in [0.25, 0.3) is 11.0 Å². The van der Waals surface area contributed by atoms with Gasteiger partial charge in [-0.1, -0.05) is 25.3 Å². The number of piperidine rings is 1. The van der Waals surface area contributed by atoms with Crippen molar-refractivity contribution in [3.05, 3.63) is 23.8 Å². The molecule has 2 aromatic rings. The number of nitrogens with one attached hydrogen (secondary N) is 2. The maximum absolute atomic E-state index is 12.5. The van der Waals surface area contributed by atoms with E-state index < -0.39 is 0 Å². The third-order valence-corrected chi connectivity index (χ3v) is 5.74. The molecule has 1 aliphatic heterocycles. The molecule has 1 aliphatic carbocycles. The molecule has 0 unspecified atom stereocenters. The number of aromatic amines is 1. The number of aromatic nitrogens is 2. The zero-order valence-electron chi connectivity index (χ0n) is 15.1. The van der Waals surface area contributed by atoms with Gasteiger partial charge >= 0.3 is 0 Å². The second kappa shape index (κ2) is 7.06. The molecule has 1 saturated heterocycles. The van der Waals surface area contributed by atoms with Crippen LogP contribution in [-0.4, -0.2) is 35.0 Å². The van der Waals surface area contributed by atoms with Gasteiger partial charge in [-0.15, -0.1) is 0 Å². The maximum Gasteiger partial charge on any atom is 0.223 e. The van der Waals surface area contributed by atoms with Crippen molar-refractivity contribution >= 4 is 22.9 Å². The van der Waals surface area contributed by atoms with E-state index in [1.807, 2.05) is 0 Å². The highest BCUT2D eigenvalue weighted by Crippen LogP contribution is 2.25. The fourth-order valence-electron chi connectivity index (χ4n) is 4.18. The van der Waals surface area contributed by atoms with Crippen LogP contribution >= 0.6 is 0 Å². The second-order valence-electron chi connectivity index (χ2n) is 7.69. The summed E-state index contributed by atoms with van der Waals surface area (Å²) in [6.07, 6.45) is 7.97. The number of aryl methyl sites for hydroxylation is 1. The lowest BCUT2D eigenvalue weighted by Crippen LogP contribution is -2.44. The van der Waals surface area contributed by atoms with E-state index in [0.717, 1.165) is 55.8 Å². The van der Waals surface area contributed by atoms with Crippen molar-refractivity contribution in [3.63, 3.8) is 0 Å². The predicted octanol–water partition coefficient (Wildman–Crippen LogP) is 3.54. The summed E-state index contributed by atoms with van der Waals surface area (Å²) in [5.74, 6) is 1.36. The molecule has 1 saturated carbocycles. The Balaban J connectivity index is 1.34. The summed E-state index contributed by atoms with van der Waals surface area (Å²) in [7, 11) is 0. The summed E-state index contributed by atoms with van der Waals surface area (Å²) >= 11 is 0. The first-order valence-corrected chi connectivity index (χ1v) is 9.71. The number of imidazole rings is 1. The van der Waals surface area contributed by atoms with E-state index >= 15 is 0 Å². The summed E-state index contributed by atoms with van der Waals surface area (Å²) in [5, 5.41) is 3.29. The van der Waals surface area contributed by atoms with E-state index in [1.165, 1.54) is 24.8 Å². The van der Waals surface area contributed by atoms with E-state index in [0.29, 0.717) is 6.04 Å². The number of carbonyl (C=O) groups is 1. The lowest BCUT2D eigenvalue weighted by Gasteiger charge is -2.32. The largest absolute Gasteiger partial charge is 0.353 e. The molecular formula is C20H28N4O. The molecular weight excluding hydrogens is 312 g/mol. The van der Waals surface area contributed by atoms with Crippen LogP contribution < -0.4 is 10.2 Å². The summed E-state index contributed by atoms with van der Waals surface area (Å²) in [5.41, 5.74) is 3.34. The first kappa shape index (κ1) is 16.4. The third-order valence-electron chi connectivity index (χ3n) is 5.74. The van der Waals surface area contributed by atoms with Crippen LogP contribution in [0.4, 0.5) is 5.95 Å². The Morgan fingerprint density at radius 2 is 1.92 bits per heavy atom. The Morgan fingerprint density at radius 3 is 2.68 bits per heavy atom. The fraction of sp³-hybridized carbons (Fsp3) is 0.600. The zero-order chi connectivity index (χ0) is 17.2. The lowest BCUT2D eigenvalue weighted by atomic mass is 9.92. The van der Waals surface area contributed by atoms with Crippen LogP contribution in [0.5, 0.6) is 0 Å². The summed E-state index contributed by atoms with van der Waals surface area (Å²) < 4.78 is 0. The van der Waals surface area contributed by atoms with Gasteiger partial charge in [-0.2, -0.15) is 0 Å². The Hall–Kier alpha value is -2.04. The molecule has 5 nitrogen and oxygen atoms in total. The first-order chi connectivity index (χ1) is 12.2.